The lowest BCUT2D eigenvalue weighted by Gasteiger charge is -2.74. The number of rotatable bonds is 1. The van der Waals surface area contributed by atoms with E-state index in [-0.39, 0.29) is 27.9 Å². The van der Waals surface area contributed by atoms with Crippen molar-refractivity contribution in [2.45, 2.75) is 145 Å². The molecule has 0 aromatic heterocycles. The zero-order valence-corrected chi connectivity index (χ0v) is 28.8. The number of hydrogen-bond donors (Lipinski definition) is 0. The summed E-state index contributed by atoms with van der Waals surface area (Å²) >= 11 is 0. The standard InChI is InChI=1S/C38H58O5/c1-11-23-29(39)26-21-34(7)27-13-12-24-25-20-31(2,3)16-17-33(25,6)18-19-35(24,8)36(27,9)15-14-28(34)37(10)22-41-32(4,5)43-38(26,37)42-30(23)40/h12,23,25-28H,11,13-22H2,1-10H3/t23?,25-,26?,27-,28?,33-,34-,35-,36-,37+,38?/m1/s1. The molecule has 7 aliphatic rings. The number of fused-ring (bicyclic) bond motifs is 8. The maximum Gasteiger partial charge on any atom is 0.319 e. The summed E-state index contributed by atoms with van der Waals surface area (Å²) in [4.78, 5) is 27.8. The molecule has 2 aliphatic heterocycles. The van der Waals surface area contributed by atoms with Gasteiger partial charge in [0.05, 0.1) is 17.9 Å². The highest BCUT2D eigenvalue weighted by Crippen LogP contribution is 2.78. The van der Waals surface area contributed by atoms with Gasteiger partial charge in [0.1, 0.15) is 5.92 Å². The molecule has 6 fully saturated rings. The summed E-state index contributed by atoms with van der Waals surface area (Å²) in [5.41, 5.74) is 2.19. The molecule has 0 N–H and O–H groups in total. The van der Waals surface area contributed by atoms with Gasteiger partial charge in [0.15, 0.2) is 11.6 Å². The maximum absolute atomic E-state index is 14.4. The molecule has 2 heterocycles. The summed E-state index contributed by atoms with van der Waals surface area (Å²) in [5.74, 6) is -2.40. The average Bonchev–Trinajstić information content (AvgIpc) is 2.90. The molecule has 0 aromatic rings. The van der Waals surface area contributed by atoms with Gasteiger partial charge in [-0.25, -0.2) is 0 Å². The van der Waals surface area contributed by atoms with Crippen molar-refractivity contribution in [1.82, 2.24) is 0 Å². The number of ketones is 1. The number of hydrogen-bond acceptors (Lipinski definition) is 5. The van der Waals surface area contributed by atoms with E-state index in [2.05, 4.69) is 54.5 Å². The van der Waals surface area contributed by atoms with E-state index in [1.807, 2.05) is 20.8 Å². The first-order valence-electron chi connectivity index (χ1n) is 17.6. The monoisotopic (exact) mass is 594 g/mol. The first-order chi connectivity index (χ1) is 19.8. The van der Waals surface area contributed by atoms with Crippen molar-refractivity contribution in [3.8, 4) is 0 Å². The minimum absolute atomic E-state index is 0.0331. The van der Waals surface area contributed by atoms with Crippen molar-refractivity contribution in [3.63, 3.8) is 0 Å². The van der Waals surface area contributed by atoms with Crippen molar-refractivity contribution in [2.24, 2.45) is 62.1 Å². The second-order valence-corrected chi connectivity index (χ2v) is 18.8. The average molecular weight is 595 g/mol. The molecule has 4 saturated carbocycles. The van der Waals surface area contributed by atoms with Crippen molar-refractivity contribution < 1.29 is 23.8 Å². The third kappa shape index (κ3) is 3.65. The zero-order valence-electron chi connectivity index (χ0n) is 28.8. The lowest BCUT2D eigenvalue weighted by Crippen LogP contribution is -2.78. The van der Waals surface area contributed by atoms with Crippen LogP contribution in [-0.4, -0.2) is 29.9 Å². The smallest absolute Gasteiger partial charge is 0.319 e. The highest BCUT2D eigenvalue weighted by molar-refractivity contribution is 6.03. The number of Topliss-reactive ketones (excluding diaryl/α,β-unsaturated/α-hetero) is 1. The molecule has 43 heavy (non-hydrogen) atoms. The van der Waals surface area contributed by atoms with Crippen LogP contribution >= 0.6 is 0 Å². The van der Waals surface area contributed by atoms with Crippen LogP contribution in [0.3, 0.4) is 0 Å². The summed E-state index contributed by atoms with van der Waals surface area (Å²) in [6.45, 7) is 23.7. The number of ether oxygens (including phenoxy) is 3. The van der Waals surface area contributed by atoms with Crippen molar-refractivity contribution in [2.75, 3.05) is 6.61 Å². The Labute approximate surface area is 260 Å². The van der Waals surface area contributed by atoms with Gasteiger partial charge in [0.2, 0.25) is 5.79 Å². The topological polar surface area (TPSA) is 61.8 Å². The molecule has 7 rings (SSSR count). The molecule has 5 nitrogen and oxygen atoms in total. The molecule has 5 aliphatic carbocycles. The van der Waals surface area contributed by atoms with Crippen molar-refractivity contribution in [1.29, 1.82) is 0 Å². The maximum atomic E-state index is 14.4. The quantitative estimate of drug-likeness (QED) is 0.173. The third-order valence-electron chi connectivity index (χ3n) is 15.7. The molecule has 11 atom stereocenters. The third-order valence-corrected chi connectivity index (χ3v) is 15.7. The van der Waals surface area contributed by atoms with Gasteiger partial charge in [-0.1, -0.05) is 67.0 Å². The number of esters is 1. The fourth-order valence-corrected chi connectivity index (χ4v) is 13.0. The second-order valence-electron chi connectivity index (χ2n) is 18.8. The summed E-state index contributed by atoms with van der Waals surface area (Å²) in [5, 5.41) is 0. The second kappa shape index (κ2) is 8.78. The van der Waals surface area contributed by atoms with E-state index in [4.69, 9.17) is 14.2 Å². The van der Waals surface area contributed by atoms with Gasteiger partial charge in [0, 0.05) is 0 Å². The van der Waals surface area contributed by atoms with Gasteiger partial charge in [0.25, 0.3) is 0 Å². The Morgan fingerprint density at radius 1 is 0.814 bits per heavy atom. The normalized spacial score (nSPS) is 54.8. The summed E-state index contributed by atoms with van der Waals surface area (Å²) in [7, 11) is 0. The van der Waals surface area contributed by atoms with E-state index >= 15 is 0 Å². The molecule has 2 saturated heterocycles. The molecule has 4 unspecified atom stereocenters. The van der Waals surface area contributed by atoms with Crippen LogP contribution < -0.4 is 0 Å². The first-order valence-corrected chi connectivity index (χ1v) is 17.6. The van der Waals surface area contributed by atoms with Crippen LogP contribution in [0.2, 0.25) is 0 Å². The van der Waals surface area contributed by atoms with Crippen molar-refractivity contribution >= 4 is 11.8 Å². The molecule has 1 spiro atoms. The Morgan fingerprint density at radius 3 is 2.21 bits per heavy atom. The van der Waals surface area contributed by atoms with Crippen LogP contribution in [0.4, 0.5) is 0 Å². The van der Waals surface area contributed by atoms with Crippen LogP contribution in [0, 0.1) is 62.1 Å². The lowest BCUT2D eigenvalue weighted by atomic mass is 9.32. The minimum Gasteiger partial charge on any atom is -0.431 e. The molecule has 0 bridgehead atoms. The Bertz CT molecular complexity index is 1280. The number of allylic oxidation sites excluding steroid dienone is 2. The molecule has 240 valence electrons. The summed E-state index contributed by atoms with van der Waals surface area (Å²) < 4.78 is 19.6. The predicted octanol–water partition coefficient (Wildman–Crippen LogP) is 8.65. The lowest BCUT2D eigenvalue weighted by molar-refractivity contribution is -0.462. The van der Waals surface area contributed by atoms with Gasteiger partial charge in [-0.3, -0.25) is 9.59 Å². The van der Waals surface area contributed by atoms with Gasteiger partial charge >= 0.3 is 5.97 Å². The van der Waals surface area contributed by atoms with E-state index < -0.39 is 34.8 Å². The SMILES string of the molecule is CCC1C(=O)OC23OC(C)(C)OC[C@@]2(C)C2CC[C@]4(C)[C@H](CC=C5[C@H]6CC(C)(C)CC[C@]6(C)CC[C@]54C)[C@@]2(C)CC3C1=O. The summed E-state index contributed by atoms with van der Waals surface area (Å²) in [6, 6.07) is 0. The van der Waals surface area contributed by atoms with Gasteiger partial charge < -0.3 is 14.2 Å². The first kappa shape index (κ1) is 30.5. The van der Waals surface area contributed by atoms with E-state index in [1.54, 1.807) is 5.57 Å². The molecular formula is C38H58O5. The van der Waals surface area contributed by atoms with Crippen LogP contribution in [-0.2, 0) is 23.8 Å². The highest BCUT2D eigenvalue weighted by Gasteiger charge is 2.78. The van der Waals surface area contributed by atoms with E-state index in [1.165, 1.54) is 32.1 Å². The highest BCUT2D eigenvalue weighted by atomic mass is 16.8. The largest absolute Gasteiger partial charge is 0.431 e. The Hall–Kier alpha value is -1.20. The number of carbonyl (C=O) groups excluding carboxylic acids is 2. The summed E-state index contributed by atoms with van der Waals surface area (Å²) in [6.07, 6.45) is 13.7. The molecule has 0 aromatic carbocycles. The minimum atomic E-state index is -1.27. The van der Waals surface area contributed by atoms with Gasteiger partial charge in [-0.05, 0) is 123 Å². The fourth-order valence-electron chi connectivity index (χ4n) is 13.0. The van der Waals surface area contributed by atoms with Gasteiger partial charge in [-0.15, -0.1) is 0 Å². The zero-order chi connectivity index (χ0) is 31.2. The van der Waals surface area contributed by atoms with E-state index in [9.17, 15) is 9.59 Å². The predicted molar refractivity (Wildman–Crippen MR) is 167 cm³/mol. The Kier molecular flexibility index (Phi) is 6.22. The van der Waals surface area contributed by atoms with Crippen LogP contribution in [0.25, 0.3) is 0 Å². The fraction of sp³-hybridized carbons (Fsp3) is 0.895. The van der Waals surface area contributed by atoms with Gasteiger partial charge in [-0.2, -0.15) is 0 Å². The van der Waals surface area contributed by atoms with Crippen LogP contribution in [0.15, 0.2) is 11.6 Å². The molecular weight excluding hydrogens is 536 g/mol. The van der Waals surface area contributed by atoms with Crippen LogP contribution in [0.1, 0.15) is 133 Å². The van der Waals surface area contributed by atoms with Crippen molar-refractivity contribution in [3.05, 3.63) is 11.6 Å². The molecule has 5 heteroatoms. The van der Waals surface area contributed by atoms with Crippen LogP contribution in [0.5, 0.6) is 0 Å². The molecule has 0 amide bonds. The molecule has 0 radical (unpaired) electrons. The Morgan fingerprint density at radius 2 is 1.51 bits per heavy atom. The van der Waals surface area contributed by atoms with E-state index in [0.717, 1.165) is 25.7 Å². The Balaban J connectivity index is 1.34. The number of carbonyl (C=O) groups is 2. The van der Waals surface area contributed by atoms with E-state index in [0.29, 0.717) is 35.7 Å².